The van der Waals surface area contributed by atoms with Crippen molar-refractivity contribution in [3.8, 4) is 0 Å². The summed E-state index contributed by atoms with van der Waals surface area (Å²) in [5.41, 5.74) is 11.0. The molecule has 0 radical (unpaired) electrons. The summed E-state index contributed by atoms with van der Waals surface area (Å²) in [4.78, 5) is 0. The molecule has 0 spiro atoms. The van der Waals surface area contributed by atoms with E-state index in [0.29, 0.717) is 0 Å². The van der Waals surface area contributed by atoms with Gasteiger partial charge in [0.05, 0.1) is 5.66 Å². The summed E-state index contributed by atoms with van der Waals surface area (Å²) in [5.74, 6) is 0. The van der Waals surface area contributed by atoms with E-state index in [1.165, 1.54) is 19.3 Å². The van der Waals surface area contributed by atoms with Gasteiger partial charge in [-0.1, -0.05) is 19.3 Å². The fraction of sp³-hybridized carbons (Fsp3) is 1.00. The van der Waals surface area contributed by atoms with Gasteiger partial charge in [-0.3, -0.25) is 0 Å². The van der Waals surface area contributed by atoms with Gasteiger partial charge in [0.25, 0.3) is 0 Å². The van der Waals surface area contributed by atoms with Gasteiger partial charge in [0.2, 0.25) is 0 Å². The summed E-state index contributed by atoms with van der Waals surface area (Å²) < 4.78 is 0. The molecule has 0 heterocycles. The smallest absolute Gasteiger partial charge is 0.0636 e. The van der Waals surface area contributed by atoms with E-state index in [9.17, 15) is 0 Å². The van der Waals surface area contributed by atoms with Gasteiger partial charge in [0.15, 0.2) is 0 Å². The molecule has 0 unspecified atom stereocenters. The third-order valence-corrected chi connectivity index (χ3v) is 1.78. The number of rotatable bonds is 0. The van der Waals surface area contributed by atoms with Crippen LogP contribution in [-0.4, -0.2) is 11.1 Å². The Labute approximate surface area is 55.7 Å². The largest absolute Gasteiger partial charge is 0.412 e. The maximum atomic E-state index is 5.66. The van der Waals surface area contributed by atoms with E-state index in [4.69, 9.17) is 11.5 Å². The van der Waals surface area contributed by atoms with Gasteiger partial charge >= 0.3 is 0 Å². The Bertz CT molecular complexity index is 75.1. The molecule has 56 valence electrons. The van der Waals surface area contributed by atoms with Gasteiger partial charge in [-0.2, -0.15) is 0 Å². The minimum atomic E-state index is -0.321. The minimum absolute atomic E-state index is 0. The van der Waals surface area contributed by atoms with Crippen LogP contribution in [0.25, 0.3) is 0 Å². The van der Waals surface area contributed by atoms with Crippen molar-refractivity contribution in [2.24, 2.45) is 11.5 Å². The molecule has 0 aliphatic heterocycles. The highest BCUT2D eigenvalue weighted by molar-refractivity contribution is 4.79. The first kappa shape index (κ1) is 8.88. The van der Waals surface area contributed by atoms with Crippen LogP contribution in [0.15, 0.2) is 0 Å². The zero-order chi connectivity index (χ0) is 6.04. The third kappa shape index (κ3) is 2.79. The first-order valence-corrected chi connectivity index (χ1v) is 3.28. The molecule has 0 amide bonds. The second-order valence-corrected chi connectivity index (χ2v) is 2.79. The van der Waals surface area contributed by atoms with Crippen LogP contribution in [-0.2, 0) is 0 Å². The molecule has 1 fully saturated rings. The van der Waals surface area contributed by atoms with E-state index in [0.717, 1.165) is 12.8 Å². The molecule has 0 saturated heterocycles. The van der Waals surface area contributed by atoms with E-state index in [2.05, 4.69) is 0 Å². The maximum absolute atomic E-state index is 5.66. The Morgan fingerprint density at radius 1 is 0.889 bits per heavy atom. The first-order valence-electron chi connectivity index (χ1n) is 3.28. The van der Waals surface area contributed by atoms with Crippen LogP contribution in [0.3, 0.4) is 0 Å². The monoisotopic (exact) mass is 132 g/mol. The van der Waals surface area contributed by atoms with Gasteiger partial charge in [-0.05, 0) is 12.8 Å². The van der Waals surface area contributed by atoms with Gasteiger partial charge in [0.1, 0.15) is 0 Å². The van der Waals surface area contributed by atoms with Crippen LogP contribution >= 0.6 is 0 Å². The van der Waals surface area contributed by atoms with Crippen LogP contribution in [0.2, 0.25) is 0 Å². The average Bonchev–Trinajstić information content (AvgIpc) is 1.65. The zero-order valence-corrected chi connectivity index (χ0v) is 5.69. The SMILES string of the molecule is NC1(N)CCCCC1.O. The quantitative estimate of drug-likeness (QED) is 0.445. The molecule has 1 saturated carbocycles. The van der Waals surface area contributed by atoms with Crippen molar-refractivity contribution in [2.75, 3.05) is 0 Å². The molecule has 1 aliphatic carbocycles. The molecule has 0 bridgehead atoms. The summed E-state index contributed by atoms with van der Waals surface area (Å²) in [6, 6.07) is 0. The average molecular weight is 132 g/mol. The molecule has 1 rings (SSSR count). The molecule has 1 aliphatic rings. The van der Waals surface area contributed by atoms with Crippen LogP contribution in [0.1, 0.15) is 32.1 Å². The molecular weight excluding hydrogens is 116 g/mol. The Balaban J connectivity index is 0.000000640. The summed E-state index contributed by atoms with van der Waals surface area (Å²) in [6.07, 6.45) is 5.76. The van der Waals surface area contributed by atoms with E-state index in [-0.39, 0.29) is 11.1 Å². The Morgan fingerprint density at radius 3 is 1.56 bits per heavy atom. The second-order valence-electron chi connectivity index (χ2n) is 2.79. The van der Waals surface area contributed by atoms with Crippen molar-refractivity contribution < 1.29 is 5.48 Å². The normalized spacial score (nSPS) is 24.7. The lowest BCUT2D eigenvalue weighted by Crippen LogP contribution is -2.50. The molecule has 0 aromatic heterocycles. The van der Waals surface area contributed by atoms with Crippen LogP contribution in [0.4, 0.5) is 0 Å². The molecule has 0 aromatic carbocycles. The van der Waals surface area contributed by atoms with Crippen molar-refractivity contribution in [1.82, 2.24) is 0 Å². The van der Waals surface area contributed by atoms with Crippen molar-refractivity contribution in [2.45, 2.75) is 37.8 Å². The third-order valence-electron chi connectivity index (χ3n) is 1.78. The van der Waals surface area contributed by atoms with Crippen LogP contribution < -0.4 is 11.5 Å². The van der Waals surface area contributed by atoms with Crippen molar-refractivity contribution in [3.05, 3.63) is 0 Å². The summed E-state index contributed by atoms with van der Waals surface area (Å²) in [7, 11) is 0. The number of hydrogen-bond donors (Lipinski definition) is 2. The predicted octanol–water partition coefficient (Wildman–Crippen LogP) is -0.261. The predicted molar refractivity (Wildman–Crippen MR) is 37.8 cm³/mol. The Hall–Kier alpha value is -0.120. The summed E-state index contributed by atoms with van der Waals surface area (Å²) in [6.45, 7) is 0. The molecular formula is C6H16N2O. The lowest BCUT2D eigenvalue weighted by molar-refractivity contribution is 0.306. The van der Waals surface area contributed by atoms with E-state index >= 15 is 0 Å². The lowest BCUT2D eigenvalue weighted by atomic mass is 9.91. The van der Waals surface area contributed by atoms with Gasteiger partial charge in [-0.25, -0.2) is 0 Å². The topological polar surface area (TPSA) is 83.5 Å². The van der Waals surface area contributed by atoms with Crippen molar-refractivity contribution >= 4 is 0 Å². The standard InChI is InChI=1S/C6H14N2.H2O/c7-6(8)4-2-1-3-5-6;/h1-5,7-8H2;1H2. The molecule has 6 N–H and O–H groups in total. The van der Waals surface area contributed by atoms with Crippen LogP contribution in [0, 0.1) is 0 Å². The molecule has 9 heavy (non-hydrogen) atoms. The summed E-state index contributed by atoms with van der Waals surface area (Å²) in [5, 5.41) is 0. The van der Waals surface area contributed by atoms with E-state index < -0.39 is 0 Å². The highest BCUT2D eigenvalue weighted by atomic mass is 16.0. The summed E-state index contributed by atoms with van der Waals surface area (Å²) >= 11 is 0. The van der Waals surface area contributed by atoms with Crippen LogP contribution in [0.5, 0.6) is 0 Å². The van der Waals surface area contributed by atoms with Gasteiger partial charge in [-0.15, -0.1) is 0 Å². The van der Waals surface area contributed by atoms with E-state index in [1.807, 2.05) is 0 Å². The molecule has 3 heteroatoms. The number of nitrogens with two attached hydrogens (primary N) is 2. The number of hydrogen-bond acceptors (Lipinski definition) is 2. The highest BCUT2D eigenvalue weighted by Gasteiger charge is 2.21. The lowest BCUT2D eigenvalue weighted by Gasteiger charge is -2.28. The molecule has 3 nitrogen and oxygen atoms in total. The highest BCUT2D eigenvalue weighted by Crippen LogP contribution is 2.20. The fourth-order valence-electron chi connectivity index (χ4n) is 1.21. The fourth-order valence-corrected chi connectivity index (χ4v) is 1.21. The van der Waals surface area contributed by atoms with Crippen molar-refractivity contribution in [3.63, 3.8) is 0 Å². The minimum Gasteiger partial charge on any atom is -0.412 e. The second kappa shape index (κ2) is 3.15. The molecule has 0 aromatic rings. The Kier molecular flexibility index (Phi) is 3.11. The maximum Gasteiger partial charge on any atom is 0.0636 e. The zero-order valence-electron chi connectivity index (χ0n) is 5.69. The molecule has 0 atom stereocenters. The van der Waals surface area contributed by atoms with E-state index in [1.54, 1.807) is 0 Å². The van der Waals surface area contributed by atoms with Gasteiger partial charge in [0, 0.05) is 0 Å². The Morgan fingerprint density at radius 2 is 1.33 bits per heavy atom. The first-order chi connectivity index (χ1) is 3.71. The van der Waals surface area contributed by atoms with Crippen molar-refractivity contribution in [1.29, 1.82) is 0 Å². The van der Waals surface area contributed by atoms with Gasteiger partial charge < -0.3 is 16.9 Å².